The Kier molecular flexibility index (Phi) is 3.98. The van der Waals surface area contributed by atoms with E-state index in [1.165, 1.54) is 12.8 Å². The van der Waals surface area contributed by atoms with Crippen LogP contribution < -0.4 is 0 Å². The van der Waals surface area contributed by atoms with Gasteiger partial charge in [-0.2, -0.15) is 0 Å². The van der Waals surface area contributed by atoms with Crippen LogP contribution in [-0.4, -0.2) is 24.5 Å². The number of aliphatic hydroxyl groups is 1. The third-order valence-electron chi connectivity index (χ3n) is 4.15. The normalized spacial score (nSPS) is 34.2. The summed E-state index contributed by atoms with van der Waals surface area (Å²) in [6.45, 7) is 6.93. The van der Waals surface area contributed by atoms with Crippen molar-refractivity contribution in [3.8, 4) is 0 Å². The van der Waals surface area contributed by atoms with Crippen LogP contribution in [0.5, 0.6) is 0 Å². The molecule has 2 heteroatoms. The molecule has 3 atom stereocenters. The summed E-state index contributed by atoms with van der Waals surface area (Å²) in [7, 11) is 0. The van der Waals surface area contributed by atoms with Crippen molar-refractivity contribution in [1.82, 2.24) is 0 Å². The molecule has 0 heterocycles. The molecule has 1 aliphatic carbocycles. The summed E-state index contributed by atoms with van der Waals surface area (Å²) in [5, 5.41) is 10.3. The molecular weight excluding hydrogens is 245 g/mol. The molecule has 1 saturated carbocycles. The van der Waals surface area contributed by atoms with Gasteiger partial charge < -0.3 is 0 Å². The van der Waals surface area contributed by atoms with E-state index in [0.29, 0.717) is 16.1 Å². The van der Waals surface area contributed by atoms with Crippen molar-refractivity contribution in [3.05, 3.63) is 0 Å². The molecule has 1 N–H and O–H groups in total. The van der Waals surface area contributed by atoms with Crippen LogP contribution in [0.15, 0.2) is 0 Å². The maximum atomic E-state index is 10.3. The van der Waals surface area contributed by atoms with E-state index in [9.17, 15) is 5.11 Å². The molecule has 0 amide bonds. The first-order valence-corrected chi connectivity index (χ1v) is 13.8. The third-order valence-corrected chi connectivity index (χ3v) is 10.2. The van der Waals surface area contributed by atoms with Crippen molar-refractivity contribution in [1.29, 1.82) is 0 Å². The van der Waals surface area contributed by atoms with Crippen molar-refractivity contribution < 1.29 is 5.11 Å². The van der Waals surface area contributed by atoms with Gasteiger partial charge in [-0.25, -0.2) is 0 Å². The van der Waals surface area contributed by atoms with E-state index in [1.807, 2.05) is 0 Å². The van der Waals surface area contributed by atoms with E-state index in [-0.39, 0.29) is 6.10 Å². The topological polar surface area (TPSA) is 20.2 Å². The van der Waals surface area contributed by atoms with Gasteiger partial charge in [-0.1, -0.05) is 0 Å². The van der Waals surface area contributed by atoms with Gasteiger partial charge in [-0.3, -0.25) is 0 Å². The maximum absolute atomic E-state index is 10.3. The van der Waals surface area contributed by atoms with Crippen LogP contribution in [0.25, 0.3) is 0 Å². The van der Waals surface area contributed by atoms with Gasteiger partial charge in [0.05, 0.1) is 0 Å². The van der Waals surface area contributed by atoms with Gasteiger partial charge in [0.15, 0.2) is 0 Å². The molecule has 0 aromatic heterocycles. The predicted molar refractivity (Wildman–Crippen MR) is 69.9 cm³/mol. The first-order chi connectivity index (χ1) is 6.62. The summed E-state index contributed by atoms with van der Waals surface area (Å²) in [6, 6.07) is 0. The fraction of sp³-hybridized carbons (Fsp3) is 1.00. The van der Waals surface area contributed by atoms with Crippen LogP contribution in [-0.2, 0) is 0 Å². The molecule has 0 bridgehead atoms. The Morgan fingerprint density at radius 1 is 1.07 bits per heavy atom. The zero-order valence-electron chi connectivity index (χ0n) is 11.3. The van der Waals surface area contributed by atoms with E-state index in [4.69, 9.17) is 0 Å². The molecule has 0 aliphatic heterocycles. The van der Waals surface area contributed by atoms with E-state index in [1.54, 1.807) is 0 Å². The van der Waals surface area contributed by atoms with Crippen LogP contribution in [0.3, 0.4) is 0 Å². The Balaban J connectivity index is 2.64. The fourth-order valence-corrected chi connectivity index (χ4v) is 7.82. The van der Waals surface area contributed by atoms with Crippen molar-refractivity contribution in [2.75, 3.05) is 0 Å². The molecular formula is C13H28GeO. The average Bonchev–Trinajstić information content (AvgIpc) is 1.99. The Labute approximate surface area is 98.0 Å². The molecule has 0 saturated heterocycles. The molecule has 1 rings (SSSR count). The van der Waals surface area contributed by atoms with Crippen LogP contribution in [0.1, 0.15) is 40.0 Å². The molecule has 1 nitrogen and oxygen atoms in total. The zero-order chi connectivity index (χ0) is 11.9. The quantitative estimate of drug-likeness (QED) is 0.718. The predicted octanol–water partition coefficient (Wildman–Crippen LogP) is 3.90. The summed E-state index contributed by atoms with van der Waals surface area (Å²) in [5.41, 5.74) is 0.372. The molecule has 0 aromatic carbocycles. The van der Waals surface area contributed by atoms with Crippen LogP contribution in [0.2, 0.25) is 22.0 Å². The van der Waals surface area contributed by atoms with Gasteiger partial charge in [0.2, 0.25) is 0 Å². The SMILES string of the molecule is CC(C)(C)[C@H]1CC[C@@H]([Ge]([CH3])([CH3])[CH3])[C@H](O)C1. The standard InChI is InChI=1S/C13H28GeO/c1-13(2,3)10-7-8-11(12(15)9-10)14(4,5)6/h10-12,15H,7-9H2,1-6H3/t10-,11+,12+/m0/s1. The second-order valence-electron chi connectivity index (χ2n) is 7.42. The number of rotatable bonds is 1. The van der Waals surface area contributed by atoms with Gasteiger partial charge >= 0.3 is 97.9 Å². The Morgan fingerprint density at radius 3 is 1.93 bits per heavy atom. The second kappa shape index (κ2) is 4.40. The molecule has 0 radical (unpaired) electrons. The molecule has 15 heavy (non-hydrogen) atoms. The Bertz CT molecular complexity index is 212. The summed E-state index contributed by atoms with van der Waals surface area (Å²) in [6.07, 6.45) is 3.62. The van der Waals surface area contributed by atoms with E-state index < -0.39 is 13.3 Å². The molecule has 90 valence electrons. The van der Waals surface area contributed by atoms with Crippen molar-refractivity contribution in [2.24, 2.45) is 11.3 Å². The molecule has 1 fully saturated rings. The fourth-order valence-electron chi connectivity index (χ4n) is 2.94. The van der Waals surface area contributed by atoms with Gasteiger partial charge in [0.1, 0.15) is 0 Å². The molecule has 1 aliphatic rings. The zero-order valence-corrected chi connectivity index (χ0v) is 13.4. The van der Waals surface area contributed by atoms with E-state index in [0.717, 1.165) is 6.42 Å². The first kappa shape index (κ1) is 13.6. The number of aliphatic hydroxyl groups excluding tert-OH is 1. The number of hydrogen-bond donors (Lipinski definition) is 1. The number of hydrogen-bond acceptors (Lipinski definition) is 1. The van der Waals surface area contributed by atoms with Crippen LogP contribution >= 0.6 is 0 Å². The van der Waals surface area contributed by atoms with Gasteiger partial charge in [0, 0.05) is 0 Å². The second-order valence-corrected chi connectivity index (χ2v) is 18.9. The Hall–Kier alpha value is 0.503. The summed E-state index contributed by atoms with van der Waals surface area (Å²) < 4.78 is 0.670. The minimum atomic E-state index is -1.65. The van der Waals surface area contributed by atoms with Gasteiger partial charge in [0.25, 0.3) is 0 Å². The summed E-state index contributed by atoms with van der Waals surface area (Å²) in [5.74, 6) is 8.02. The van der Waals surface area contributed by atoms with E-state index in [2.05, 4.69) is 38.0 Å². The van der Waals surface area contributed by atoms with Gasteiger partial charge in [-0.15, -0.1) is 0 Å². The monoisotopic (exact) mass is 274 g/mol. The average molecular weight is 273 g/mol. The molecule has 0 aromatic rings. The Morgan fingerprint density at radius 2 is 1.60 bits per heavy atom. The van der Waals surface area contributed by atoms with Gasteiger partial charge in [-0.05, 0) is 0 Å². The van der Waals surface area contributed by atoms with Crippen molar-refractivity contribution in [3.63, 3.8) is 0 Å². The van der Waals surface area contributed by atoms with Crippen molar-refractivity contribution >= 4 is 13.3 Å². The van der Waals surface area contributed by atoms with E-state index >= 15 is 0 Å². The minimum absolute atomic E-state index is 0.0111. The molecule has 0 unspecified atom stereocenters. The summed E-state index contributed by atoms with van der Waals surface area (Å²) in [4.78, 5) is 0. The van der Waals surface area contributed by atoms with Crippen LogP contribution in [0.4, 0.5) is 0 Å². The first-order valence-electron chi connectivity index (χ1n) is 6.30. The third kappa shape index (κ3) is 3.49. The van der Waals surface area contributed by atoms with Crippen LogP contribution in [0, 0.1) is 11.3 Å². The van der Waals surface area contributed by atoms with Crippen molar-refractivity contribution in [2.45, 2.75) is 68.2 Å². The molecule has 0 spiro atoms. The summed E-state index contributed by atoms with van der Waals surface area (Å²) >= 11 is -1.65.